The maximum absolute atomic E-state index is 12.3. The number of hydrogen-bond acceptors (Lipinski definition) is 3. The number of rotatable bonds is 6. The molecule has 0 fully saturated rings. The first-order valence-corrected chi connectivity index (χ1v) is 7.46. The van der Waals surface area contributed by atoms with E-state index >= 15 is 0 Å². The Balaban J connectivity index is 1.95. The Morgan fingerprint density at radius 1 is 0.913 bits per heavy atom. The Hall–Kier alpha value is -2.66. The number of nitrogens with one attached hydrogen (secondary N) is 1. The van der Waals surface area contributed by atoms with Gasteiger partial charge in [0, 0.05) is 19.6 Å². The van der Waals surface area contributed by atoms with Crippen LogP contribution >= 0.6 is 0 Å². The highest BCUT2D eigenvalue weighted by atomic mass is 16.3. The lowest BCUT2D eigenvalue weighted by Crippen LogP contribution is -2.43. The number of benzene rings is 2. The van der Waals surface area contributed by atoms with Crippen LogP contribution in [0.1, 0.15) is 11.1 Å². The quantitative estimate of drug-likeness (QED) is 0.791. The van der Waals surface area contributed by atoms with Gasteiger partial charge >= 0.3 is 11.8 Å². The predicted octanol–water partition coefficient (Wildman–Crippen LogP) is 1.32. The molecule has 23 heavy (non-hydrogen) atoms. The van der Waals surface area contributed by atoms with Gasteiger partial charge in [-0.25, -0.2) is 0 Å². The first kappa shape index (κ1) is 16.7. The molecule has 0 aliphatic carbocycles. The van der Waals surface area contributed by atoms with Crippen molar-refractivity contribution < 1.29 is 14.7 Å². The zero-order chi connectivity index (χ0) is 16.5. The van der Waals surface area contributed by atoms with Gasteiger partial charge in [-0.15, -0.1) is 0 Å². The van der Waals surface area contributed by atoms with Crippen LogP contribution < -0.4 is 5.32 Å². The van der Waals surface area contributed by atoms with E-state index < -0.39 is 11.8 Å². The van der Waals surface area contributed by atoms with Gasteiger partial charge in [-0.3, -0.25) is 9.59 Å². The molecule has 0 heterocycles. The molecule has 2 amide bonds. The monoisotopic (exact) mass is 312 g/mol. The zero-order valence-corrected chi connectivity index (χ0v) is 12.8. The third-order valence-corrected chi connectivity index (χ3v) is 3.36. The molecule has 0 aliphatic rings. The molecule has 0 radical (unpaired) electrons. The van der Waals surface area contributed by atoms with Gasteiger partial charge in [-0.05, 0) is 11.1 Å². The molecule has 5 heteroatoms. The Kier molecular flexibility index (Phi) is 6.32. The average Bonchev–Trinajstić information content (AvgIpc) is 2.60. The van der Waals surface area contributed by atoms with Gasteiger partial charge in [-0.1, -0.05) is 60.7 Å². The Morgan fingerprint density at radius 2 is 1.48 bits per heavy atom. The number of carbonyl (C=O) groups is 2. The lowest BCUT2D eigenvalue weighted by Gasteiger charge is -2.21. The molecule has 0 unspecified atom stereocenters. The molecule has 2 N–H and O–H groups in total. The van der Waals surface area contributed by atoms with Crippen molar-refractivity contribution >= 4 is 11.8 Å². The summed E-state index contributed by atoms with van der Waals surface area (Å²) in [4.78, 5) is 25.6. The second kappa shape index (κ2) is 8.70. The van der Waals surface area contributed by atoms with Gasteiger partial charge in [0.15, 0.2) is 0 Å². The molecule has 0 saturated carbocycles. The average molecular weight is 312 g/mol. The number of amides is 2. The van der Waals surface area contributed by atoms with Crippen LogP contribution in [-0.2, 0) is 22.7 Å². The Morgan fingerprint density at radius 3 is 2.04 bits per heavy atom. The summed E-state index contributed by atoms with van der Waals surface area (Å²) in [5.74, 6) is -1.31. The summed E-state index contributed by atoms with van der Waals surface area (Å²) in [5, 5.41) is 11.7. The molecule has 2 aromatic rings. The van der Waals surface area contributed by atoms with Crippen molar-refractivity contribution in [1.82, 2.24) is 10.2 Å². The van der Waals surface area contributed by atoms with E-state index in [0.29, 0.717) is 13.1 Å². The first-order chi connectivity index (χ1) is 11.2. The smallest absolute Gasteiger partial charge is 0.312 e. The van der Waals surface area contributed by atoms with Crippen LogP contribution in [0.25, 0.3) is 0 Å². The molecule has 0 aliphatic heterocycles. The maximum Gasteiger partial charge on any atom is 0.312 e. The number of hydrogen-bond donors (Lipinski definition) is 2. The molecule has 0 saturated heterocycles. The molecule has 0 atom stereocenters. The lowest BCUT2D eigenvalue weighted by atomic mass is 10.2. The first-order valence-electron chi connectivity index (χ1n) is 7.46. The van der Waals surface area contributed by atoms with Crippen molar-refractivity contribution in [2.75, 3.05) is 13.2 Å². The van der Waals surface area contributed by atoms with E-state index in [0.717, 1.165) is 11.1 Å². The van der Waals surface area contributed by atoms with Crippen molar-refractivity contribution in [3.63, 3.8) is 0 Å². The van der Waals surface area contributed by atoms with E-state index in [1.54, 1.807) is 0 Å². The summed E-state index contributed by atoms with van der Waals surface area (Å²) in [5.41, 5.74) is 1.83. The zero-order valence-electron chi connectivity index (χ0n) is 12.8. The van der Waals surface area contributed by atoms with Gasteiger partial charge in [0.05, 0.1) is 6.61 Å². The second-order valence-electron chi connectivity index (χ2n) is 5.10. The van der Waals surface area contributed by atoms with Crippen LogP contribution in [0.5, 0.6) is 0 Å². The molecular weight excluding hydrogens is 292 g/mol. The van der Waals surface area contributed by atoms with Crippen LogP contribution in [0, 0.1) is 0 Å². The topological polar surface area (TPSA) is 69.6 Å². The molecule has 2 rings (SSSR count). The van der Waals surface area contributed by atoms with Crippen LogP contribution in [0.3, 0.4) is 0 Å². The lowest BCUT2D eigenvalue weighted by molar-refractivity contribution is -0.146. The van der Waals surface area contributed by atoms with Gasteiger partial charge in [0.25, 0.3) is 0 Å². The van der Waals surface area contributed by atoms with Crippen LogP contribution in [0.2, 0.25) is 0 Å². The fraction of sp³-hybridized carbons (Fsp3) is 0.222. The summed E-state index contributed by atoms with van der Waals surface area (Å²) in [6.45, 7) is 0.514. The highest BCUT2D eigenvalue weighted by molar-refractivity contribution is 6.34. The summed E-state index contributed by atoms with van der Waals surface area (Å²) in [6.07, 6.45) is 0. The maximum atomic E-state index is 12.3. The molecule has 0 bridgehead atoms. The highest BCUT2D eigenvalue weighted by Gasteiger charge is 2.21. The fourth-order valence-electron chi connectivity index (χ4n) is 2.17. The van der Waals surface area contributed by atoms with Gasteiger partial charge in [-0.2, -0.15) is 0 Å². The SMILES string of the molecule is O=C(NCc1ccccc1)C(=O)N(CCO)Cc1ccccc1. The normalized spacial score (nSPS) is 10.1. The van der Waals surface area contributed by atoms with E-state index in [-0.39, 0.29) is 13.2 Å². The van der Waals surface area contributed by atoms with Gasteiger partial charge in [0.1, 0.15) is 0 Å². The molecule has 0 spiro atoms. The summed E-state index contributed by atoms with van der Waals surface area (Å²) < 4.78 is 0. The van der Waals surface area contributed by atoms with Crippen molar-refractivity contribution in [2.24, 2.45) is 0 Å². The standard InChI is InChI=1S/C18H20N2O3/c21-12-11-20(14-16-9-5-2-6-10-16)18(23)17(22)19-13-15-7-3-1-4-8-15/h1-10,21H,11-14H2,(H,19,22). The third-order valence-electron chi connectivity index (χ3n) is 3.36. The largest absolute Gasteiger partial charge is 0.395 e. The van der Waals surface area contributed by atoms with Crippen LogP contribution in [-0.4, -0.2) is 35.0 Å². The minimum Gasteiger partial charge on any atom is -0.395 e. The van der Waals surface area contributed by atoms with Gasteiger partial charge < -0.3 is 15.3 Å². The van der Waals surface area contributed by atoms with Crippen molar-refractivity contribution in [3.05, 3.63) is 71.8 Å². The van der Waals surface area contributed by atoms with E-state index in [2.05, 4.69) is 5.32 Å². The van der Waals surface area contributed by atoms with E-state index in [4.69, 9.17) is 5.11 Å². The number of nitrogens with zero attached hydrogens (tertiary/aromatic N) is 1. The number of aliphatic hydroxyl groups excluding tert-OH is 1. The number of carbonyl (C=O) groups excluding carboxylic acids is 2. The Bertz CT molecular complexity index is 629. The highest BCUT2D eigenvalue weighted by Crippen LogP contribution is 2.05. The second-order valence-corrected chi connectivity index (χ2v) is 5.10. The minimum absolute atomic E-state index is 0.118. The summed E-state index contributed by atoms with van der Waals surface area (Å²) >= 11 is 0. The third kappa shape index (κ3) is 5.23. The van der Waals surface area contributed by atoms with E-state index in [1.165, 1.54) is 4.90 Å². The minimum atomic E-state index is -0.668. The summed E-state index contributed by atoms with van der Waals surface area (Å²) in [7, 11) is 0. The molecule has 2 aromatic carbocycles. The van der Waals surface area contributed by atoms with Crippen LogP contribution in [0.15, 0.2) is 60.7 Å². The van der Waals surface area contributed by atoms with Crippen LogP contribution in [0.4, 0.5) is 0 Å². The molecule has 120 valence electrons. The Labute approximate surface area is 135 Å². The van der Waals surface area contributed by atoms with Crippen molar-refractivity contribution in [2.45, 2.75) is 13.1 Å². The predicted molar refractivity (Wildman–Crippen MR) is 87.2 cm³/mol. The fourth-order valence-corrected chi connectivity index (χ4v) is 2.17. The van der Waals surface area contributed by atoms with E-state index in [1.807, 2.05) is 60.7 Å². The van der Waals surface area contributed by atoms with Crippen molar-refractivity contribution in [1.29, 1.82) is 0 Å². The van der Waals surface area contributed by atoms with Crippen molar-refractivity contribution in [3.8, 4) is 0 Å². The van der Waals surface area contributed by atoms with Gasteiger partial charge in [0.2, 0.25) is 0 Å². The number of aliphatic hydroxyl groups is 1. The summed E-state index contributed by atoms with van der Waals surface area (Å²) in [6, 6.07) is 18.7. The molecular formula is C18H20N2O3. The van der Waals surface area contributed by atoms with E-state index in [9.17, 15) is 9.59 Å². The molecule has 0 aromatic heterocycles. The molecule has 5 nitrogen and oxygen atoms in total.